The van der Waals surface area contributed by atoms with Crippen LogP contribution in [0.4, 0.5) is 0 Å². The number of aromatic hydroxyl groups is 4. The largest absolute Gasteiger partial charge is 0.508 e. The van der Waals surface area contributed by atoms with E-state index in [9.17, 15) is 19.2 Å². The van der Waals surface area contributed by atoms with Gasteiger partial charge in [-0.15, -0.1) is 0 Å². The van der Waals surface area contributed by atoms with E-state index < -0.39 is 23.9 Å². The van der Waals surface area contributed by atoms with Gasteiger partial charge in [0, 0.05) is 86.4 Å². The minimum absolute atomic E-state index is 0. The third-order valence-corrected chi connectivity index (χ3v) is 3.85. The quantitative estimate of drug-likeness (QED) is 0.149. The van der Waals surface area contributed by atoms with Crippen LogP contribution in [0.25, 0.3) is 0 Å². The molecule has 0 atom stereocenters. The molecule has 0 saturated carbocycles. The average molecular weight is 724 g/mol. The van der Waals surface area contributed by atoms with Crippen molar-refractivity contribution in [3.8, 4) is 23.0 Å². The van der Waals surface area contributed by atoms with Crippen molar-refractivity contribution in [3.63, 3.8) is 0 Å². The van der Waals surface area contributed by atoms with Gasteiger partial charge in [-0.2, -0.15) is 0 Å². The molecule has 0 fully saturated rings. The molecular formula is C24H20ErN4O12. The number of rotatable bonds is 4. The Morgan fingerprint density at radius 3 is 0.683 bits per heavy atom. The molecule has 4 rings (SSSR count). The fourth-order valence-electron chi connectivity index (χ4n) is 2.15. The van der Waals surface area contributed by atoms with Gasteiger partial charge in [-0.05, 0) is 24.3 Å². The summed E-state index contributed by atoms with van der Waals surface area (Å²) in [4.78, 5) is 54.6. The summed E-state index contributed by atoms with van der Waals surface area (Å²) in [5.41, 5.74) is -0.611. The molecule has 0 bridgehead atoms. The fraction of sp³-hybridized carbons (Fsp3) is 0. The number of carboxylic acids is 4. The van der Waals surface area contributed by atoms with Crippen molar-refractivity contribution in [2.45, 2.75) is 0 Å². The van der Waals surface area contributed by atoms with Crippen molar-refractivity contribution in [1.29, 1.82) is 0 Å². The summed E-state index contributed by atoms with van der Waals surface area (Å²) in [7, 11) is 0. The van der Waals surface area contributed by atoms with Crippen LogP contribution in [0.3, 0.4) is 0 Å². The topological polar surface area (TPSA) is 282 Å². The molecular weight excluding hydrogens is 704 g/mol. The van der Waals surface area contributed by atoms with Crippen molar-refractivity contribution in [3.05, 3.63) is 96.1 Å². The monoisotopic (exact) mass is 722 g/mol. The summed E-state index contributed by atoms with van der Waals surface area (Å²) in [6, 6.07) is 9.59. The summed E-state index contributed by atoms with van der Waals surface area (Å²) < 4.78 is 0. The van der Waals surface area contributed by atoms with E-state index >= 15 is 0 Å². The normalized spacial score (nSPS) is 8.98. The molecule has 41 heavy (non-hydrogen) atoms. The second kappa shape index (κ2) is 18.3. The second-order valence-corrected chi connectivity index (χ2v) is 6.82. The van der Waals surface area contributed by atoms with Gasteiger partial charge >= 0.3 is 23.9 Å². The third kappa shape index (κ3) is 14.6. The van der Waals surface area contributed by atoms with Gasteiger partial charge in [0.2, 0.25) is 0 Å². The molecule has 0 aliphatic heterocycles. The van der Waals surface area contributed by atoms with Crippen LogP contribution in [-0.2, 0) is 0 Å². The Labute approximate surface area is 259 Å². The number of hydrogen-bond acceptors (Lipinski definition) is 12. The van der Waals surface area contributed by atoms with Crippen LogP contribution in [0.1, 0.15) is 42.0 Å². The van der Waals surface area contributed by atoms with Crippen molar-refractivity contribution in [1.82, 2.24) is 19.9 Å². The number of carbonyl (C=O) groups is 4. The van der Waals surface area contributed by atoms with Crippen molar-refractivity contribution < 1.29 is 97.3 Å². The fourth-order valence-corrected chi connectivity index (χ4v) is 2.15. The summed E-state index contributed by atoms with van der Waals surface area (Å²) in [5.74, 6) is -4.93. The molecule has 4 aromatic rings. The van der Waals surface area contributed by atoms with Crippen LogP contribution in [0.5, 0.6) is 23.0 Å². The van der Waals surface area contributed by atoms with Crippen LogP contribution in [-0.4, -0.2) is 84.7 Å². The van der Waals surface area contributed by atoms with Crippen LogP contribution < -0.4 is 0 Å². The van der Waals surface area contributed by atoms with E-state index in [1.807, 2.05) is 0 Å². The maximum atomic E-state index is 10.2. The van der Waals surface area contributed by atoms with Crippen LogP contribution in [0.15, 0.2) is 73.3 Å². The first-order valence-electron chi connectivity index (χ1n) is 10.3. The number of aromatic nitrogens is 4. The molecule has 0 unspecified atom stereocenters. The number of aromatic carboxylic acids is 4. The minimum atomic E-state index is -1.14. The van der Waals surface area contributed by atoms with E-state index in [0.717, 1.165) is 24.3 Å². The van der Waals surface area contributed by atoms with E-state index in [-0.39, 0.29) is 83.1 Å². The predicted octanol–water partition coefficient (Wildman–Crippen LogP) is 1.94. The molecule has 0 aromatic carbocycles. The van der Waals surface area contributed by atoms with Gasteiger partial charge in [0.25, 0.3) is 0 Å². The average Bonchev–Trinajstić information content (AvgIpc) is 2.90. The van der Waals surface area contributed by atoms with Gasteiger partial charge < -0.3 is 40.9 Å². The standard InChI is InChI=1S/4C6H5NO3.Er/c4*8-4-1-2-7-5(3-4)6(9)10;/h4*1-3H,(H,7,8)(H,9,10);. The summed E-state index contributed by atoms with van der Waals surface area (Å²) in [6.45, 7) is 0. The Bertz CT molecular complexity index is 1260. The zero-order chi connectivity index (χ0) is 30.2. The molecule has 220 valence electrons. The van der Waals surface area contributed by atoms with Gasteiger partial charge in [0.15, 0.2) is 22.8 Å². The first kappa shape index (κ1) is 35.9. The van der Waals surface area contributed by atoms with Gasteiger partial charge in [-0.25, -0.2) is 39.1 Å². The Kier molecular flexibility index (Phi) is 16.0. The van der Waals surface area contributed by atoms with Crippen molar-refractivity contribution in [2.75, 3.05) is 0 Å². The number of pyridine rings is 4. The van der Waals surface area contributed by atoms with E-state index in [0.29, 0.717) is 0 Å². The SMILES string of the molecule is O=C(O)c1cc(O)ccn1.O=C(O)c1cc(O)ccn1.O=C(O)c1cc(O)ccn1.O=C(O)c1cc(O)ccn1.[Er]. The molecule has 0 aliphatic carbocycles. The number of hydrogen-bond donors (Lipinski definition) is 8. The van der Waals surface area contributed by atoms with Gasteiger partial charge in [-0.1, -0.05) is 0 Å². The maximum Gasteiger partial charge on any atom is 0.354 e. The van der Waals surface area contributed by atoms with Gasteiger partial charge in [0.05, 0.1) is 0 Å². The summed E-state index contributed by atoms with van der Waals surface area (Å²) in [5, 5.41) is 68.4. The Hall–Kier alpha value is -5.07. The van der Waals surface area contributed by atoms with Gasteiger partial charge in [0.1, 0.15) is 23.0 Å². The van der Waals surface area contributed by atoms with Crippen molar-refractivity contribution >= 4 is 23.9 Å². The molecule has 4 heterocycles. The first-order valence-corrected chi connectivity index (χ1v) is 10.3. The molecule has 0 amide bonds. The zero-order valence-electron chi connectivity index (χ0n) is 20.2. The third-order valence-electron chi connectivity index (χ3n) is 3.85. The Morgan fingerprint density at radius 1 is 0.415 bits per heavy atom. The van der Waals surface area contributed by atoms with Gasteiger partial charge in [-0.3, -0.25) is 0 Å². The van der Waals surface area contributed by atoms with Crippen LogP contribution >= 0.6 is 0 Å². The molecule has 16 nitrogen and oxygen atoms in total. The number of nitrogens with zero attached hydrogens (tertiary/aromatic N) is 4. The molecule has 0 aliphatic rings. The summed E-state index contributed by atoms with van der Waals surface area (Å²) >= 11 is 0. The predicted molar refractivity (Wildman–Crippen MR) is 131 cm³/mol. The first-order chi connectivity index (χ1) is 18.8. The smallest absolute Gasteiger partial charge is 0.354 e. The molecule has 8 N–H and O–H groups in total. The Morgan fingerprint density at radius 2 is 0.585 bits per heavy atom. The Balaban J connectivity index is 0.000000516. The van der Waals surface area contributed by atoms with E-state index in [1.165, 1.54) is 49.1 Å². The van der Waals surface area contributed by atoms with E-state index in [4.69, 9.17) is 40.9 Å². The zero-order valence-corrected chi connectivity index (χ0v) is 22.1. The van der Waals surface area contributed by atoms with Crippen LogP contribution in [0, 0.1) is 37.3 Å². The minimum Gasteiger partial charge on any atom is -0.508 e. The van der Waals surface area contributed by atoms with E-state index in [2.05, 4.69) is 19.9 Å². The molecule has 0 saturated heterocycles. The molecule has 17 heteroatoms. The summed E-state index contributed by atoms with van der Waals surface area (Å²) in [6.07, 6.45) is 4.94. The van der Waals surface area contributed by atoms with Crippen LogP contribution in [0.2, 0.25) is 0 Å². The van der Waals surface area contributed by atoms with Crippen molar-refractivity contribution in [2.24, 2.45) is 0 Å². The molecule has 0 spiro atoms. The maximum absolute atomic E-state index is 10.2. The van der Waals surface area contributed by atoms with E-state index in [1.54, 1.807) is 0 Å². The molecule has 0 radical (unpaired) electrons. The molecule has 4 aromatic heterocycles. The number of carboxylic acid groups (broad SMARTS) is 4. The second-order valence-electron chi connectivity index (χ2n) is 6.82.